The number of primary amides is 1. The van der Waals surface area contributed by atoms with Crippen LogP contribution in [0, 0.1) is 0 Å². The van der Waals surface area contributed by atoms with Crippen molar-refractivity contribution >= 4 is 40.7 Å². The quantitative estimate of drug-likeness (QED) is 0.627. The highest BCUT2D eigenvalue weighted by atomic mass is 16.2. The molecular weight excluding hydrogens is 324 g/mol. The number of imide groups is 2. The summed E-state index contributed by atoms with van der Waals surface area (Å²) in [4.78, 5) is 48.4. The van der Waals surface area contributed by atoms with Crippen molar-refractivity contribution in [3.8, 4) is 0 Å². The Morgan fingerprint density at radius 3 is 2.64 bits per heavy atom. The highest BCUT2D eigenvalue weighted by molar-refractivity contribution is 6.31. The van der Waals surface area contributed by atoms with Crippen molar-refractivity contribution in [1.82, 2.24) is 14.8 Å². The number of hydrogen-bond acceptors (Lipinski definition) is 4. The first-order valence-electron chi connectivity index (χ1n) is 7.67. The second kappa shape index (κ2) is 6.23. The maximum Gasteiger partial charge on any atom is 0.331 e. The molecule has 0 unspecified atom stereocenters. The lowest BCUT2D eigenvalue weighted by Crippen LogP contribution is -2.53. The standard InChI is InChI=1S/C17H16N4O4/c1-2-21-16(24)12(15(23)19-17(21)25)7-10-8-20(9-14(18)22)13-6-4-3-5-11(10)13/h3-8H,2,9H2,1H3,(H2,18,22)(H,19,23,25). The van der Waals surface area contributed by atoms with E-state index in [0.29, 0.717) is 5.56 Å². The number of barbiturate groups is 1. The van der Waals surface area contributed by atoms with Crippen LogP contribution >= 0.6 is 0 Å². The molecule has 0 bridgehead atoms. The number of nitrogens with zero attached hydrogens (tertiary/aromatic N) is 2. The number of amides is 5. The predicted octanol–water partition coefficient (Wildman–Crippen LogP) is 0.608. The molecule has 3 N–H and O–H groups in total. The topological polar surface area (TPSA) is 114 Å². The van der Waals surface area contributed by atoms with E-state index >= 15 is 0 Å². The van der Waals surface area contributed by atoms with Gasteiger partial charge in [0.1, 0.15) is 12.1 Å². The number of carbonyl (C=O) groups excluding carboxylic acids is 4. The Morgan fingerprint density at radius 1 is 1.24 bits per heavy atom. The summed E-state index contributed by atoms with van der Waals surface area (Å²) in [7, 11) is 0. The van der Waals surface area contributed by atoms with E-state index in [9.17, 15) is 19.2 Å². The number of nitrogens with two attached hydrogens (primary N) is 1. The molecule has 2 heterocycles. The van der Waals surface area contributed by atoms with E-state index in [4.69, 9.17) is 5.73 Å². The lowest BCUT2D eigenvalue weighted by Gasteiger charge is -2.24. The fourth-order valence-corrected chi connectivity index (χ4v) is 2.83. The molecule has 8 nitrogen and oxygen atoms in total. The van der Waals surface area contributed by atoms with E-state index in [1.54, 1.807) is 17.7 Å². The van der Waals surface area contributed by atoms with Gasteiger partial charge in [-0.3, -0.25) is 24.6 Å². The third kappa shape index (κ3) is 2.89. The van der Waals surface area contributed by atoms with Gasteiger partial charge in [-0.2, -0.15) is 0 Å². The molecule has 0 spiro atoms. The third-order valence-electron chi connectivity index (χ3n) is 3.95. The predicted molar refractivity (Wildman–Crippen MR) is 90.0 cm³/mol. The molecule has 1 aromatic heterocycles. The largest absolute Gasteiger partial charge is 0.368 e. The molecule has 1 aliphatic rings. The number of hydrogen-bond donors (Lipinski definition) is 2. The molecule has 0 atom stereocenters. The zero-order valence-corrected chi connectivity index (χ0v) is 13.5. The molecule has 1 fully saturated rings. The minimum atomic E-state index is -0.744. The van der Waals surface area contributed by atoms with E-state index in [1.165, 1.54) is 6.08 Å². The summed E-state index contributed by atoms with van der Waals surface area (Å²) in [6, 6.07) is 6.51. The Kier molecular flexibility index (Phi) is 4.10. The van der Waals surface area contributed by atoms with Crippen molar-refractivity contribution in [1.29, 1.82) is 0 Å². The molecule has 0 saturated carbocycles. The fraction of sp³-hybridized carbons (Fsp3) is 0.176. The zero-order valence-electron chi connectivity index (χ0n) is 13.5. The molecule has 128 valence electrons. The second-order valence-electron chi connectivity index (χ2n) is 5.56. The molecule has 8 heteroatoms. The fourth-order valence-electron chi connectivity index (χ4n) is 2.83. The van der Waals surface area contributed by atoms with Gasteiger partial charge in [0.25, 0.3) is 11.8 Å². The number of fused-ring (bicyclic) bond motifs is 1. The van der Waals surface area contributed by atoms with Crippen molar-refractivity contribution in [2.24, 2.45) is 5.73 Å². The van der Waals surface area contributed by atoms with Crippen LogP contribution in [0.2, 0.25) is 0 Å². The number of likely N-dealkylation sites (N-methyl/N-ethyl adjacent to an activating group) is 1. The number of nitrogens with one attached hydrogen (secondary N) is 1. The summed E-state index contributed by atoms with van der Waals surface area (Å²) in [5.41, 5.74) is 6.47. The van der Waals surface area contributed by atoms with Crippen LogP contribution in [0.4, 0.5) is 4.79 Å². The first kappa shape index (κ1) is 16.4. The van der Waals surface area contributed by atoms with Crippen LogP contribution in [-0.4, -0.2) is 39.8 Å². The van der Waals surface area contributed by atoms with Gasteiger partial charge in [0.2, 0.25) is 5.91 Å². The molecule has 1 aromatic carbocycles. The van der Waals surface area contributed by atoms with Crippen molar-refractivity contribution < 1.29 is 19.2 Å². The monoisotopic (exact) mass is 340 g/mol. The Balaban J connectivity index is 2.11. The zero-order chi connectivity index (χ0) is 18.1. The molecule has 2 aromatic rings. The van der Waals surface area contributed by atoms with Crippen molar-refractivity contribution in [2.45, 2.75) is 13.5 Å². The Labute approximate surface area is 142 Å². The van der Waals surface area contributed by atoms with Gasteiger partial charge in [0, 0.05) is 29.2 Å². The molecular formula is C17H16N4O4. The van der Waals surface area contributed by atoms with Crippen LogP contribution in [0.1, 0.15) is 12.5 Å². The number of benzene rings is 1. The van der Waals surface area contributed by atoms with Crippen molar-refractivity contribution in [3.63, 3.8) is 0 Å². The Morgan fingerprint density at radius 2 is 1.96 bits per heavy atom. The summed E-state index contributed by atoms with van der Waals surface area (Å²) in [6.07, 6.45) is 3.07. The van der Waals surface area contributed by atoms with Gasteiger partial charge >= 0.3 is 6.03 Å². The van der Waals surface area contributed by atoms with Gasteiger partial charge in [-0.05, 0) is 19.1 Å². The summed E-state index contributed by atoms with van der Waals surface area (Å²) in [6.45, 7) is 1.77. The van der Waals surface area contributed by atoms with E-state index < -0.39 is 23.8 Å². The SMILES string of the molecule is CCN1C(=O)NC(=O)C(=Cc2cn(CC(N)=O)c3ccccc23)C1=O. The van der Waals surface area contributed by atoms with Gasteiger partial charge < -0.3 is 10.3 Å². The smallest absolute Gasteiger partial charge is 0.331 e. The van der Waals surface area contributed by atoms with E-state index in [1.807, 2.05) is 24.3 Å². The van der Waals surface area contributed by atoms with Crippen LogP contribution in [0.3, 0.4) is 0 Å². The van der Waals surface area contributed by atoms with Crippen molar-refractivity contribution in [3.05, 3.63) is 41.6 Å². The Hall–Kier alpha value is -3.42. The average Bonchev–Trinajstić information content (AvgIpc) is 2.89. The number of carbonyl (C=O) groups is 4. The first-order chi connectivity index (χ1) is 11.9. The third-order valence-corrected chi connectivity index (χ3v) is 3.95. The summed E-state index contributed by atoms with van der Waals surface area (Å²) in [5.74, 6) is -1.90. The van der Waals surface area contributed by atoms with Gasteiger partial charge in [-0.15, -0.1) is 0 Å². The van der Waals surface area contributed by atoms with E-state index in [2.05, 4.69) is 5.32 Å². The number of aromatic nitrogens is 1. The number of urea groups is 1. The minimum Gasteiger partial charge on any atom is -0.368 e. The van der Waals surface area contributed by atoms with Crippen molar-refractivity contribution in [2.75, 3.05) is 6.54 Å². The normalized spacial score (nSPS) is 16.6. The van der Waals surface area contributed by atoms with Crippen LogP contribution < -0.4 is 11.1 Å². The molecule has 1 aliphatic heterocycles. The van der Waals surface area contributed by atoms with E-state index in [0.717, 1.165) is 15.8 Å². The van der Waals surface area contributed by atoms with Crippen LogP contribution in [0.15, 0.2) is 36.0 Å². The molecule has 5 amide bonds. The summed E-state index contributed by atoms with van der Waals surface area (Å²) >= 11 is 0. The number of rotatable bonds is 4. The maximum absolute atomic E-state index is 12.4. The summed E-state index contributed by atoms with van der Waals surface area (Å²) < 4.78 is 1.65. The lowest BCUT2D eigenvalue weighted by molar-refractivity contribution is -0.130. The average molecular weight is 340 g/mol. The second-order valence-corrected chi connectivity index (χ2v) is 5.56. The lowest BCUT2D eigenvalue weighted by atomic mass is 10.1. The molecule has 0 radical (unpaired) electrons. The van der Waals surface area contributed by atoms with E-state index in [-0.39, 0.29) is 18.7 Å². The minimum absolute atomic E-state index is 0.0244. The van der Waals surface area contributed by atoms with Gasteiger partial charge in [0.05, 0.1) is 0 Å². The van der Waals surface area contributed by atoms with Gasteiger partial charge in [0.15, 0.2) is 0 Å². The molecule has 1 saturated heterocycles. The van der Waals surface area contributed by atoms with Gasteiger partial charge in [-0.25, -0.2) is 4.79 Å². The highest BCUT2D eigenvalue weighted by Crippen LogP contribution is 2.24. The first-order valence-corrected chi connectivity index (χ1v) is 7.67. The number of para-hydroxylation sites is 1. The van der Waals surface area contributed by atoms with Crippen LogP contribution in [0.25, 0.3) is 17.0 Å². The van der Waals surface area contributed by atoms with Gasteiger partial charge in [-0.1, -0.05) is 18.2 Å². The maximum atomic E-state index is 12.4. The highest BCUT2D eigenvalue weighted by Gasteiger charge is 2.34. The molecule has 25 heavy (non-hydrogen) atoms. The van der Waals surface area contributed by atoms with Crippen LogP contribution in [-0.2, 0) is 20.9 Å². The molecule has 0 aliphatic carbocycles. The summed E-state index contributed by atoms with van der Waals surface area (Å²) in [5, 5.41) is 2.91. The molecule has 3 rings (SSSR count). The Bertz CT molecular complexity index is 941. The van der Waals surface area contributed by atoms with Crippen LogP contribution in [0.5, 0.6) is 0 Å².